The summed E-state index contributed by atoms with van der Waals surface area (Å²) in [6.45, 7) is 9.21. The van der Waals surface area contributed by atoms with Gasteiger partial charge in [0.1, 0.15) is 16.7 Å². The molecule has 3 aromatic rings. The Morgan fingerprint density at radius 3 is 2.57 bits per heavy atom. The standard InChI is InChI=1S/C30H33N3O2S2/c1-4-7-11-22(6-3)20-32-29(34)27(37-30(32)36)19-24-21-33(25-12-9-8-10-13-25)31-28(24)23-14-16-26(17-15-23)35-18-5-2/h5,8-10,12-17,19,21-22H,2,4,6-7,11,18,20H2,1,3H3/b27-19-/t22-/m1/s1. The Kier molecular flexibility index (Phi) is 9.36. The third-order valence-corrected chi connectivity index (χ3v) is 7.78. The molecule has 7 heteroatoms. The van der Waals surface area contributed by atoms with Crippen LogP contribution in [0.25, 0.3) is 23.0 Å². The number of unbranched alkanes of at least 4 members (excludes halogenated alkanes) is 1. The van der Waals surface area contributed by atoms with Gasteiger partial charge < -0.3 is 4.74 Å². The van der Waals surface area contributed by atoms with Crippen LogP contribution < -0.4 is 4.74 Å². The molecule has 0 spiro atoms. The first-order valence-electron chi connectivity index (χ1n) is 12.8. The molecule has 0 aliphatic carbocycles. The highest BCUT2D eigenvalue weighted by Crippen LogP contribution is 2.36. The van der Waals surface area contributed by atoms with Gasteiger partial charge >= 0.3 is 0 Å². The van der Waals surface area contributed by atoms with Crippen molar-refractivity contribution < 1.29 is 9.53 Å². The van der Waals surface area contributed by atoms with Gasteiger partial charge in [0.25, 0.3) is 5.91 Å². The highest BCUT2D eigenvalue weighted by Gasteiger charge is 2.33. The molecular weight excluding hydrogens is 498 g/mol. The van der Waals surface area contributed by atoms with E-state index in [0.717, 1.165) is 47.5 Å². The summed E-state index contributed by atoms with van der Waals surface area (Å²) in [5, 5.41) is 4.89. The van der Waals surface area contributed by atoms with E-state index in [4.69, 9.17) is 22.1 Å². The average Bonchev–Trinajstić information content (AvgIpc) is 3.46. The molecule has 0 bridgehead atoms. The minimum absolute atomic E-state index is 0.0171. The van der Waals surface area contributed by atoms with Gasteiger partial charge in [0, 0.05) is 23.9 Å². The minimum Gasteiger partial charge on any atom is -0.490 e. The fourth-order valence-electron chi connectivity index (χ4n) is 4.27. The lowest BCUT2D eigenvalue weighted by Crippen LogP contribution is -2.33. The molecule has 192 valence electrons. The molecule has 4 rings (SSSR count). The summed E-state index contributed by atoms with van der Waals surface area (Å²) >= 11 is 7.01. The SMILES string of the molecule is C=CCOc1ccc(-c2nn(-c3ccccc3)cc2/C=C2\SC(=S)N(C[C@H](CC)CCCC)C2=O)cc1. The Hall–Kier alpha value is -3.16. The van der Waals surface area contributed by atoms with E-state index >= 15 is 0 Å². The van der Waals surface area contributed by atoms with E-state index in [1.807, 2.05) is 71.6 Å². The number of hydrogen-bond donors (Lipinski definition) is 0. The monoisotopic (exact) mass is 531 g/mol. The predicted molar refractivity (Wildman–Crippen MR) is 158 cm³/mol. The molecular formula is C30H33N3O2S2. The molecule has 1 atom stereocenters. The number of para-hydroxylation sites is 1. The van der Waals surface area contributed by atoms with Crippen LogP contribution in [-0.2, 0) is 4.79 Å². The number of hydrogen-bond acceptors (Lipinski definition) is 5. The van der Waals surface area contributed by atoms with Crippen LogP contribution in [0.4, 0.5) is 0 Å². The van der Waals surface area contributed by atoms with E-state index in [1.165, 1.54) is 18.2 Å². The van der Waals surface area contributed by atoms with Crippen molar-refractivity contribution in [1.29, 1.82) is 0 Å². The van der Waals surface area contributed by atoms with Gasteiger partial charge in [-0.25, -0.2) is 4.68 Å². The molecule has 2 aromatic carbocycles. The van der Waals surface area contributed by atoms with Crippen molar-refractivity contribution in [3.05, 3.63) is 83.9 Å². The number of carbonyl (C=O) groups is 1. The molecule has 0 unspecified atom stereocenters. The third-order valence-electron chi connectivity index (χ3n) is 6.40. The second-order valence-corrected chi connectivity index (χ2v) is 10.7. The maximum Gasteiger partial charge on any atom is 0.266 e. The van der Waals surface area contributed by atoms with Crippen LogP contribution in [0.2, 0.25) is 0 Å². The van der Waals surface area contributed by atoms with Gasteiger partial charge in [-0.1, -0.05) is 87.9 Å². The van der Waals surface area contributed by atoms with Crippen molar-refractivity contribution in [2.75, 3.05) is 13.2 Å². The van der Waals surface area contributed by atoms with Crippen LogP contribution in [0.1, 0.15) is 45.1 Å². The fourth-order valence-corrected chi connectivity index (χ4v) is 5.53. The Morgan fingerprint density at radius 2 is 1.89 bits per heavy atom. The van der Waals surface area contributed by atoms with Crippen LogP contribution in [0.3, 0.4) is 0 Å². The summed E-state index contributed by atoms with van der Waals surface area (Å²) in [6.07, 6.45) is 10.1. The zero-order valence-corrected chi connectivity index (χ0v) is 23.1. The lowest BCUT2D eigenvalue weighted by Gasteiger charge is -2.21. The van der Waals surface area contributed by atoms with Gasteiger partial charge in [-0.3, -0.25) is 9.69 Å². The van der Waals surface area contributed by atoms with Crippen LogP contribution in [0.15, 0.2) is 78.4 Å². The van der Waals surface area contributed by atoms with Crippen LogP contribution in [0, 0.1) is 5.92 Å². The van der Waals surface area contributed by atoms with Crippen LogP contribution in [-0.4, -0.2) is 38.1 Å². The van der Waals surface area contributed by atoms with Crippen molar-refractivity contribution in [1.82, 2.24) is 14.7 Å². The Bertz CT molecular complexity index is 1270. The average molecular weight is 532 g/mol. The molecule has 1 saturated heterocycles. The van der Waals surface area contributed by atoms with Crippen molar-refractivity contribution in [2.45, 2.75) is 39.5 Å². The number of rotatable bonds is 12. The number of nitrogens with zero attached hydrogens (tertiary/aromatic N) is 3. The van der Waals surface area contributed by atoms with Gasteiger partial charge in [-0.05, 0) is 54.8 Å². The zero-order chi connectivity index (χ0) is 26.2. The van der Waals surface area contributed by atoms with E-state index in [2.05, 4.69) is 20.4 Å². The number of aromatic nitrogens is 2. The fraction of sp³-hybridized carbons (Fsp3) is 0.300. The number of ether oxygens (including phenoxy) is 1. The molecule has 1 aliphatic heterocycles. The highest BCUT2D eigenvalue weighted by molar-refractivity contribution is 8.26. The summed E-state index contributed by atoms with van der Waals surface area (Å²) in [7, 11) is 0. The van der Waals surface area contributed by atoms with E-state index in [9.17, 15) is 4.79 Å². The summed E-state index contributed by atoms with van der Waals surface area (Å²) in [4.78, 5) is 15.8. The summed E-state index contributed by atoms with van der Waals surface area (Å²) in [5.74, 6) is 1.21. The maximum atomic E-state index is 13.4. The number of thioether (sulfide) groups is 1. The van der Waals surface area contributed by atoms with Crippen molar-refractivity contribution in [3.8, 4) is 22.7 Å². The molecule has 37 heavy (non-hydrogen) atoms. The first kappa shape index (κ1) is 26.9. The number of amides is 1. The predicted octanol–water partition coefficient (Wildman–Crippen LogP) is 7.52. The Balaban J connectivity index is 1.66. The number of benzene rings is 2. The Labute approximate surface area is 229 Å². The van der Waals surface area contributed by atoms with Crippen LogP contribution >= 0.6 is 24.0 Å². The zero-order valence-electron chi connectivity index (χ0n) is 21.4. The second kappa shape index (κ2) is 12.9. The van der Waals surface area contributed by atoms with E-state index in [0.29, 0.717) is 28.3 Å². The first-order valence-corrected chi connectivity index (χ1v) is 14.0. The lowest BCUT2D eigenvalue weighted by atomic mass is 9.99. The largest absolute Gasteiger partial charge is 0.490 e. The quantitative estimate of drug-likeness (QED) is 0.137. The van der Waals surface area contributed by atoms with Crippen molar-refractivity contribution in [3.63, 3.8) is 0 Å². The van der Waals surface area contributed by atoms with Crippen molar-refractivity contribution in [2.24, 2.45) is 5.92 Å². The molecule has 1 aliphatic rings. The molecule has 1 amide bonds. The summed E-state index contributed by atoms with van der Waals surface area (Å²) < 4.78 is 8.12. The lowest BCUT2D eigenvalue weighted by molar-refractivity contribution is -0.122. The van der Waals surface area contributed by atoms with Gasteiger partial charge in [0.15, 0.2) is 0 Å². The van der Waals surface area contributed by atoms with E-state index < -0.39 is 0 Å². The molecule has 0 N–H and O–H groups in total. The normalized spacial score (nSPS) is 15.4. The van der Waals surface area contributed by atoms with Gasteiger partial charge in [-0.15, -0.1) is 0 Å². The highest BCUT2D eigenvalue weighted by atomic mass is 32.2. The number of carbonyl (C=O) groups excluding carboxylic acids is 1. The maximum absolute atomic E-state index is 13.4. The van der Waals surface area contributed by atoms with Gasteiger partial charge in [-0.2, -0.15) is 5.10 Å². The van der Waals surface area contributed by atoms with Gasteiger partial charge in [0.2, 0.25) is 0 Å². The topological polar surface area (TPSA) is 47.4 Å². The third kappa shape index (κ3) is 6.59. The summed E-state index contributed by atoms with van der Waals surface area (Å²) in [6, 6.07) is 17.8. The van der Waals surface area contributed by atoms with E-state index in [1.54, 1.807) is 11.0 Å². The molecule has 1 fully saturated rings. The number of thiocarbonyl (C=S) groups is 1. The molecule has 0 radical (unpaired) electrons. The Morgan fingerprint density at radius 1 is 1.14 bits per heavy atom. The second-order valence-electron chi connectivity index (χ2n) is 9.05. The first-order chi connectivity index (χ1) is 18.0. The molecule has 5 nitrogen and oxygen atoms in total. The molecule has 1 aromatic heterocycles. The van der Waals surface area contributed by atoms with E-state index in [-0.39, 0.29) is 5.91 Å². The van der Waals surface area contributed by atoms with Gasteiger partial charge in [0.05, 0.1) is 16.3 Å². The van der Waals surface area contributed by atoms with Crippen molar-refractivity contribution >= 4 is 40.3 Å². The minimum atomic E-state index is -0.0171. The van der Waals surface area contributed by atoms with Crippen LogP contribution in [0.5, 0.6) is 5.75 Å². The summed E-state index contributed by atoms with van der Waals surface area (Å²) in [5.41, 5.74) is 3.54. The smallest absolute Gasteiger partial charge is 0.266 e. The molecule has 2 heterocycles. The molecule has 0 saturated carbocycles.